The summed E-state index contributed by atoms with van der Waals surface area (Å²) in [5.74, 6) is 5.27. The summed E-state index contributed by atoms with van der Waals surface area (Å²) in [4.78, 5) is 0. The van der Waals surface area contributed by atoms with Crippen molar-refractivity contribution in [3.05, 3.63) is 0 Å². The van der Waals surface area contributed by atoms with Crippen LogP contribution in [0.15, 0.2) is 0 Å². The Morgan fingerprint density at radius 1 is 0.714 bits per heavy atom. The molecular formula is C27H50O. The molecule has 0 heterocycles. The fourth-order valence-corrected chi connectivity index (χ4v) is 7.16. The summed E-state index contributed by atoms with van der Waals surface area (Å²) in [6.45, 7) is 6.92. The molecule has 28 heavy (non-hydrogen) atoms. The second-order valence-corrected chi connectivity index (χ2v) is 10.8. The highest BCUT2D eigenvalue weighted by atomic mass is 16.5. The lowest BCUT2D eigenvalue weighted by molar-refractivity contribution is -0.0773. The van der Waals surface area contributed by atoms with Crippen LogP contribution in [0.3, 0.4) is 0 Å². The fraction of sp³-hybridized carbons (Fsp3) is 1.00. The molecule has 7 unspecified atom stereocenters. The molecule has 0 aliphatic heterocycles. The predicted molar refractivity (Wildman–Crippen MR) is 122 cm³/mol. The molecule has 3 saturated carbocycles. The molecule has 1 nitrogen and oxygen atoms in total. The SMILES string of the molecule is CCCCCCCC1CCC2C(CCC3CC(OC(C)CCCC)CCC32)C1. The van der Waals surface area contributed by atoms with Crippen molar-refractivity contribution in [3.8, 4) is 0 Å². The Morgan fingerprint density at radius 3 is 2.14 bits per heavy atom. The number of hydrogen-bond acceptors (Lipinski definition) is 1. The minimum atomic E-state index is 0.477. The van der Waals surface area contributed by atoms with Gasteiger partial charge in [0.15, 0.2) is 0 Å². The smallest absolute Gasteiger partial charge is 0.0581 e. The van der Waals surface area contributed by atoms with Crippen LogP contribution in [-0.2, 0) is 4.74 Å². The Labute approximate surface area is 176 Å². The zero-order valence-corrected chi connectivity index (χ0v) is 19.5. The number of rotatable bonds is 11. The quantitative estimate of drug-likeness (QED) is 0.321. The Bertz CT molecular complexity index is 418. The van der Waals surface area contributed by atoms with E-state index in [9.17, 15) is 0 Å². The Kier molecular flexibility index (Phi) is 9.68. The van der Waals surface area contributed by atoms with Crippen molar-refractivity contribution < 1.29 is 4.74 Å². The van der Waals surface area contributed by atoms with Gasteiger partial charge in [-0.15, -0.1) is 0 Å². The van der Waals surface area contributed by atoms with E-state index in [1.54, 1.807) is 19.3 Å². The van der Waals surface area contributed by atoms with E-state index < -0.39 is 0 Å². The van der Waals surface area contributed by atoms with Crippen LogP contribution < -0.4 is 0 Å². The van der Waals surface area contributed by atoms with Crippen molar-refractivity contribution in [2.45, 2.75) is 142 Å². The molecule has 0 N–H and O–H groups in total. The topological polar surface area (TPSA) is 9.23 Å². The maximum Gasteiger partial charge on any atom is 0.0581 e. The highest BCUT2D eigenvalue weighted by molar-refractivity contribution is 4.94. The summed E-state index contributed by atoms with van der Waals surface area (Å²) < 4.78 is 6.47. The van der Waals surface area contributed by atoms with E-state index in [1.807, 2.05) is 0 Å². The van der Waals surface area contributed by atoms with Gasteiger partial charge in [-0.2, -0.15) is 0 Å². The zero-order valence-electron chi connectivity index (χ0n) is 19.5. The number of fused-ring (bicyclic) bond motifs is 3. The van der Waals surface area contributed by atoms with Crippen molar-refractivity contribution in [1.82, 2.24) is 0 Å². The van der Waals surface area contributed by atoms with Gasteiger partial charge >= 0.3 is 0 Å². The molecule has 0 amide bonds. The van der Waals surface area contributed by atoms with E-state index in [2.05, 4.69) is 20.8 Å². The molecule has 0 aromatic carbocycles. The van der Waals surface area contributed by atoms with Crippen LogP contribution in [0.1, 0.15) is 130 Å². The Balaban J connectivity index is 1.39. The summed E-state index contributed by atoms with van der Waals surface area (Å²) >= 11 is 0. The molecule has 0 aromatic heterocycles. The van der Waals surface area contributed by atoms with Crippen molar-refractivity contribution in [3.63, 3.8) is 0 Å². The van der Waals surface area contributed by atoms with Crippen LogP contribution in [0, 0.1) is 29.6 Å². The minimum absolute atomic E-state index is 0.477. The highest BCUT2D eigenvalue weighted by Gasteiger charge is 2.44. The maximum atomic E-state index is 6.47. The first-order valence-electron chi connectivity index (χ1n) is 13.4. The average Bonchev–Trinajstić information content (AvgIpc) is 2.71. The summed E-state index contributed by atoms with van der Waals surface area (Å²) in [5.41, 5.74) is 0. The van der Waals surface area contributed by atoms with Gasteiger partial charge < -0.3 is 4.74 Å². The average molecular weight is 391 g/mol. The fourth-order valence-electron chi connectivity index (χ4n) is 7.16. The molecule has 0 spiro atoms. The van der Waals surface area contributed by atoms with Crippen LogP contribution in [0.5, 0.6) is 0 Å². The van der Waals surface area contributed by atoms with Crippen molar-refractivity contribution >= 4 is 0 Å². The van der Waals surface area contributed by atoms with Gasteiger partial charge in [-0.25, -0.2) is 0 Å². The first kappa shape index (κ1) is 22.6. The van der Waals surface area contributed by atoms with Crippen LogP contribution in [0.2, 0.25) is 0 Å². The number of ether oxygens (including phenoxy) is 1. The third-order valence-electron chi connectivity index (χ3n) is 8.71. The molecule has 3 rings (SSSR count). The second kappa shape index (κ2) is 12.0. The lowest BCUT2D eigenvalue weighted by Gasteiger charge is -2.51. The van der Waals surface area contributed by atoms with Crippen molar-refractivity contribution in [2.24, 2.45) is 29.6 Å². The van der Waals surface area contributed by atoms with E-state index in [4.69, 9.17) is 4.74 Å². The summed E-state index contributed by atoms with van der Waals surface area (Å²) in [6, 6.07) is 0. The van der Waals surface area contributed by atoms with Crippen molar-refractivity contribution in [1.29, 1.82) is 0 Å². The lowest BCUT2D eigenvalue weighted by atomic mass is 9.56. The summed E-state index contributed by atoms with van der Waals surface area (Å²) in [6.07, 6.45) is 25.7. The molecule has 0 aromatic rings. The van der Waals surface area contributed by atoms with E-state index in [0.29, 0.717) is 12.2 Å². The van der Waals surface area contributed by atoms with Gasteiger partial charge in [0.1, 0.15) is 0 Å². The molecule has 0 saturated heterocycles. The van der Waals surface area contributed by atoms with Gasteiger partial charge in [0.25, 0.3) is 0 Å². The molecule has 0 radical (unpaired) electrons. The third-order valence-corrected chi connectivity index (χ3v) is 8.71. The van der Waals surface area contributed by atoms with Gasteiger partial charge in [0, 0.05) is 0 Å². The number of hydrogen-bond donors (Lipinski definition) is 0. The van der Waals surface area contributed by atoms with Gasteiger partial charge in [0.2, 0.25) is 0 Å². The van der Waals surface area contributed by atoms with E-state index in [1.165, 1.54) is 89.9 Å². The Morgan fingerprint density at radius 2 is 1.39 bits per heavy atom. The molecule has 3 fully saturated rings. The van der Waals surface area contributed by atoms with Crippen LogP contribution in [-0.4, -0.2) is 12.2 Å². The predicted octanol–water partition coefficient (Wildman–Crippen LogP) is 8.55. The summed E-state index contributed by atoms with van der Waals surface area (Å²) in [7, 11) is 0. The van der Waals surface area contributed by atoms with Crippen LogP contribution in [0.25, 0.3) is 0 Å². The molecule has 164 valence electrons. The molecule has 3 aliphatic rings. The lowest BCUT2D eigenvalue weighted by Crippen LogP contribution is -2.43. The third kappa shape index (κ3) is 6.48. The molecular weight excluding hydrogens is 340 g/mol. The van der Waals surface area contributed by atoms with Gasteiger partial charge in [-0.05, 0) is 87.9 Å². The largest absolute Gasteiger partial charge is 0.375 e. The maximum absolute atomic E-state index is 6.47. The van der Waals surface area contributed by atoms with Gasteiger partial charge in [-0.3, -0.25) is 0 Å². The Hall–Kier alpha value is -0.0400. The van der Waals surface area contributed by atoms with Gasteiger partial charge in [0.05, 0.1) is 12.2 Å². The normalized spacial score (nSPS) is 36.5. The zero-order chi connectivity index (χ0) is 19.8. The van der Waals surface area contributed by atoms with Crippen LogP contribution >= 0.6 is 0 Å². The van der Waals surface area contributed by atoms with E-state index >= 15 is 0 Å². The van der Waals surface area contributed by atoms with Crippen LogP contribution in [0.4, 0.5) is 0 Å². The standard InChI is InChI=1S/C27H50O/c1-4-6-8-9-10-12-22-13-17-26-23(19-22)14-15-24-20-25(16-18-27(24)26)28-21(3)11-7-5-2/h21-27H,4-20H2,1-3H3. The molecule has 0 bridgehead atoms. The van der Waals surface area contributed by atoms with Gasteiger partial charge in [-0.1, -0.05) is 71.6 Å². The molecule has 3 aliphatic carbocycles. The summed E-state index contributed by atoms with van der Waals surface area (Å²) in [5, 5.41) is 0. The van der Waals surface area contributed by atoms with E-state index in [-0.39, 0.29) is 0 Å². The molecule has 7 atom stereocenters. The monoisotopic (exact) mass is 390 g/mol. The first-order valence-corrected chi connectivity index (χ1v) is 13.4. The highest BCUT2D eigenvalue weighted by Crippen LogP contribution is 2.53. The van der Waals surface area contributed by atoms with Crippen molar-refractivity contribution in [2.75, 3.05) is 0 Å². The second-order valence-electron chi connectivity index (χ2n) is 10.8. The molecule has 1 heteroatoms. The minimum Gasteiger partial charge on any atom is -0.375 e. The van der Waals surface area contributed by atoms with E-state index in [0.717, 1.165) is 29.6 Å². The first-order chi connectivity index (χ1) is 13.7. The number of unbranched alkanes of at least 4 members (excludes halogenated alkanes) is 5.